The maximum Gasteiger partial charge on any atom is 0.226 e. The van der Waals surface area contributed by atoms with E-state index in [-0.39, 0.29) is 5.91 Å². The molecule has 4 heteroatoms. The van der Waals surface area contributed by atoms with Crippen LogP contribution in [0.5, 0.6) is 5.75 Å². The Kier molecular flexibility index (Phi) is 4.95. The van der Waals surface area contributed by atoms with Crippen molar-refractivity contribution in [2.24, 2.45) is 0 Å². The zero-order valence-corrected chi connectivity index (χ0v) is 12.4. The predicted molar refractivity (Wildman–Crippen MR) is 75.4 cm³/mol. The van der Waals surface area contributed by atoms with Gasteiger partial charge in [0.1, 0.15) is 5.75 Å². The fourth-order valence-electron chi connectivity index (χ4n) is 1.95. The molecule has 0 radical (unpaired) electrons. The highest BCUT2D eigenvalue weighted by molar-refractivity contribution is 5.78. The van der Waals surface area contributed by atoms with Crippen LogP contribution in [0.1, 0.15) is 25.0 Å². The molecule has 0 saturated carbocycles. The molecular formula is C15H23NO3. The Balaban J connectivity index is 2.71. The first-order chi connectivity index (χ1) is 8.73. The first-order valence-corrected chi connectivity index (χ1v) is 6.33. The second-order valence-corrected chi connectivity index (χ2v) is 5.54. The smallest absolute Gasteiger partial charge is 0.226 e. The van der Waals surface area contributed by atoms with Gasteiger partial charge < -0.3 is 14.7 Å². The van der Waals surface area contributed by atoms with E-state index >= 15 is 0 Å². The van der Waals surface area contributed by atoms with Gasteiger partial charge in [0.25, 0.3) is 0 Å². The van der Waals surface area contributed by atoms with Crippen LogP contribution >= 0.6 is 0 Å². The summed E-state index contributed by atoms with van der Waals surface area (Å²) in [5, 5.41) is 9.71. The quantitative estimate of drug-likeness (QED) is 0.883. The monoisotopic (exact) mass is 265 g/mol. The number of amides is 1. The van der Waals surface area contributed by atoms with Crippen LogP contribution in [0.2, 0.25) is 0 Å². The van der Waals surface area contributed by atoms with Crippen LogP contribution in [0.15, 0.2) is 18.2 Å². The SMILES string of the molecule is COc1cc(CC(=O)N(C)CC(C)(C)O)ccc1C. The molecule has 1 N–H and O–H groups in total. The van der Waals surface area contributed by atoms with E-state index in [0.29, 0.717) is 13.0 Å². The van der Waals surface area contributed by atoms with Crippen molar-refractivity contribution >= 4 is 5.91 Å². The lowest BCUT2D eigenvalue weighted by Gasteiger charge is -2.25. The molecule has 1 rings (SSSR count). The zero-order valence-electron chi connectivity index (χ0n) is 12.4. The van der Waals surface area contributed by atoms with E-state index in [1.54, 1.807) is 32.9 Å². The van der Waals surface area contributed by atoms with Crippen molar-refractivity contribution in [2.45, 2.75) is 32.8 Å². The van der Waals surface area contributed by atoms with Gasteiger partial charge in [-0.05, 0) is 38.0 Å². The molecule has 106 valence electrons. The number of benzene rings is 1. The minimum Gasteiger partial charge on any atom is -0.496 e. The fraction of sp³-hybridized carbons (Fsp3) is 0.533. The zero-order chi connectivity index (χ0) is 14.6. The number of hydrogen-bond donors (Lipinski definition) is 1. The summed E-state index contributed by atoms with van der Waals surface area (Å²) in [5.41, 5.74) is 1.08. The molecule has 0 fully saturated rings. The van der Waals surface area contributed by atoms with Crippen LogP contribution in [0.4, 0.5) is 0 Å². The van der Waals surface area contributed by atoms with Crippen LogP contribution in [0, 0.1) is 6.92 Å². The summed E-state index contributed by atoms with van der Waals surface area (Å²) in [6.45, 7) is 5.65. The van der Waals surface area contributed by atoms with Crippen molar-refractivity contribution in [1.82, 2.24) is 4.90 Å². The highest BCUT2D eigenvalue weighted by Crippen LogP contribution is 2.19. The van der Waals surface area contributed by atoms with E-state index in [4.69, 9.17) is 4.74 Å². The average molecular weight is 265 g/mol. The Hall–Kier alpha value is -1.55. The second-order valence-electron chi connectivity index (χ2n) is 5.54. The van der Waals surface area contributed by atoms with Crippen LogP contribution in [-0.4, -0.2) is 42.2 Å². The number of carbonyl (C=O) groups excluding carboxylic acids is 1. The molecule has 19 heavy (non-hydrogen) atoms. The lowest BCUT2D eigenvalue weighted by molar-refractivity contribution is -0.131. The number of rotatable bonds is 5. The minimum atomic E-state index is -0.880. The van der Waals surface area contributed by atoms with Crippen molar-refractivity contribution in [3.05, 3.63) is 29.3 Å². The summed E-state index contributed by atoms with van der Waals surface area (Å²) >= 11 is 0. The molecular weight excluding hydrogens is 242 g/mol. The molecule has 0 aliphatic rings. The van der Waals surface area contributed by atoms with E-state index in [1.165, 1.54) is 0 Å². The number of ether oxygens (including phenoxy) is 1. The summed E-state index contributed by atoms with van der Waals surface area (Å²) in [6, 6.07) is 5.75. The van der Waals surface area contributed by atoms with Crippen molar-refractivity contribution in [3.63, 3.8) is 0 Å². The van der Waals surface area contributed by atoms with Crippen LogP contribution in [-0.2, 0) is 11.2 Å². The summed E-state index contributed by atoms with van der Waals surface area (Å²) in [4.78, 5) is 13.6. The lowest BCUT2D eigenvalue weighted by Crippen LogP contribution is -2.40. The van der Waals surface area contributed by atoms with Gasteiger partial charge >= 0.3 is 0 Å². The normalized spacial score (nSPS) is 11.3. The third-order valence-corrected chi connectivity index (χ3v) is 2.88. The standard InChI is InChI=1S/C15H23NO3/c1-11-6-7-12(8-13(11)19-5)9-14(17)16(4)10-15(2,3)18/h6-8,18H,9-10H2,1-5H3. The Morgan fingerprint density at radius 2 is 2.05 bits per heavy atom. The molecule has 0 aromatic heterocycles. The Labute approximate surface area is 115 Å². The summed E-state index contributed by atoms with van der Waals surface area (Å²) in [5.74, 6) is 0.767. The number of nitrogens with zero attached hydrogens (tertiary/aromatic N) is 1. The van der Waals surface area contributed by atoms with Crippen molar-refractivity contribution in [1.29, 1.82) is 0 Å². The van der Waals surface area contributed by atoms with Crippen LogP contribution < -0.4 is 4.74 Å². The molecule has 0 atom stereocenters. The number of aryl methyl sites for hydroxylation is 1. The number of hydrogen-bond acceptors (Lipinski definition) is 3. The minimum absolute atomic E-state index is 0.0203. The van der Waals surface area contributed by atoms with Gasteiger partial charge in [-0.3, -0.25) is 4.79 Å². The van der Waals surface area contributed by atoms with Gasteiger partial charge in [0.2, 0.25) is 5.91 Å². The van der Waals surface area contributed by atoms with Gasteiger partial charge in [0, 0.05) is 13.6 Å². The van der Waals surface area contributed by atoms with Crippen LogP contribution in [0.3, 0.4) is 0 Å². The van der Waals surface area contributed by atoms with Gasteiger partial charge in [-0.15, -0.1) is 0 Å². The van der Waals surface area contributed by atoms with E-state index in [9.17, 15) is 9.90 Å². The molecule has 0 heterocycles. The van der Waals surface area contributed by atoms with Gasteiger partial charge in [-0.1, -0.05) is 12.1 Å². The molecule has 0 saturated heterocycles. The molecule has 1 aromatic carbocycles. The van der Waals surface area contributed by atoms with Crippen LogP contribution in [0.25, 0.3) is 0 Å². The molecule has 0 aliphatic heterocycles. The maximum atomic E-state index is 12.0. The van der Waals surface area contributed by atoms with Gasteiger partial charge in [0.05, 0.1) is 19.1 Å². The van der Waals surface area contributed by atoms with E-state index in [1.807, 2.05) is 25.1 Å². The largest absolute Gasteiger partial charge is 0.496 e. The second kappa shape index (κ2) is 6.06. The average Bonchev–Trinajstić information content (AvgIpc) is 2.29. The molecule has 1 aromatic rings. The first kappa shape index (κ1) is 15.5. The van der Waals surface area contributed by atoms with Crippen molar-refractivity contribution < 1.29 is 14.6 Å². The third-order valence-electron chi connectivity index (χ3n) is 2.88. The first-order valence-electron chi connectivity index (χ1n) is 6.33. The lowest BCUT2D eigenvalue weighted by atomic mass is 10.1. The van der Waals surface area contributed by atoms with E-state index in [2.05, 4.69) is 0 Å². The fourth-order valence-corrected chi connectivity index (χ4v) is 1.95. The van der Waals surface area contributed by atoms with Gasteiger partial charge in [-0.25, -0.2) is 0 Å². The molecule has 0 aliphatic carbocycles. The Morgan fingerprint density at radius 1 is 1.42 bits per heavy atom. The van der Waals surface area contributed by atoms with Gasteiger partial charge in [-0.2, -0.15) is 0 Å². The number of aliphatic hydroxyl groups is 1. The Bertz CT molecular complexity index is 449. The maximum absolute atomic E-state index is 12.0. The number of carbonyl (C=O) groups is 1. The topological polar surface area (TPSA) is 49.8 Å². The number of methoxy groups -OCH3 is 1. The Morgan fingerprint density at radius 3 is 2.58 bits per heavy atom. The van der Waals surface area contributed by atoms with Gasteiger partial charge in [0.15, 0.2) is 0 Å². The summed E-state index contributed by atoms with van der Waals surface area (Å²) in [7, 11) is 3.32. The number of likely N-dealkylation sites (N-methyl/N-ethyl adjacent to an activating group) is 1. The summed E-state index contributed by atoms with van der Waals surface area (Å²) < 4.78 is 5.24. The highest BCUT2D eigenvalue weighted by Gasteiger charge is 2.19. The summed E-state index contributed by atoms with van der Waals surface area (Å²) in [6.07, 6.45) is 0.309. The predicted octanol–water partition coefficient (Wildman–Crippen LogP) is 1.78. The van der Waals surface area contributed by atoms with Crippen molar-refractivity contribution in [2.75, 3.05) is 20.7 Å². The highest BCUT2D eigenvalue weighted by atomic mass is 16.5. The van der Waals surface area contributed by atoms with E-state index < -0.39 is 5.60 Å². The van der Waals surface area contributed by atoms with E-state index in [0.717, 1.165) is 16.9 Å². The third kappa shape index (κ3) is 4.91. The van der Waals surface area contributed by atoms with Crippen molar-refractivity contribution in [3.8, 4) is 5.75 Å². The molecule has 0 unspecified atom stereocenters. The molecule has 1 amide bonds. The molecule has 0 spiro atoms. The molecule has 0 bridgehead atoms. The molecule has 4 nitrogen and oxygen atoms in total.